The lowest BCUT2D eigenvalue weighted by Crippen LogP contribution is -2.47. The molecule has 1 heterocycles. The van der Waals surface area contributed by atoms with Crippen molar-refractivity contribution in [1.82, 2.24) is 18.8 Å². The zero-order valence-electron chi connectivity index (χ0n) is 17.8. The quantitative estimate of drug-likeness (QED) is 0.380. The van der Waals surface area contributed by atoms with Crippen LogP contribution in [0.2, 0.25) is 0 Å². The molecule has 1 amide bonds. The molecule has 3 aromatic carbocycles. The Morgan fingerprint density at radius 2 is 1.76 bits per heavy atom. The zero-order valence-corrected chi connectivity index (χ0v) is 19.4. The number of nitrogens with zero attached hydrogens (tertiary/aromatic N) is 2. The second kappa shape index (κ2) is 10.1. The van der Waals surface area contributed by atoms with Gasteiger partial charge in [-0.1, -0.05) is 48.5 Å². The maximum absolute atomic E-state index is 13.2. The Kier molecular flexibility index (Phi) is 6.97. The van der Waals surface area contributed by atoms with Crippen LogP contribution in [0, 0.1) is 0 Å². The van der Waals surface area contributed by atoms with Crippen LogP contribution in [0.4, 0.5) is 0 Å². The van der Waals surface area contributed by atoms with Crippen LogP contribution in [0.15, 0.2) is 77.7 Å². The van der Waals surface area contributed by atoms with Crippen molar-refractivity contribution >= 4 is 38.7 Å². The number of nitrogens with one attached hydrogen (secondary N) is 2. The SMILES string of the molecule is COc1cccc(CNC(=O)[C@H](Cc2ccccc2)NS(=O)(=O)c2cccc3nsnc23)c1. The number of rotatable bonds is 9. The molecule has 0 saturated heterocycles. The van der Waals surface area contributed by atoms with Gasteiger partial charge in [0.15, 0.2) is 0 Å². The minimum Gasteiger partial charge on any atom is -0.497 e. The van der Waals surface area contributed by atoms with Gasteiger partial charge in [-0.25, -0.2) is 8.42 Å². The molecular formula is C23H22N4O4S2. The van der Waals surface area contributed by atoms with Crippen LogP contribution in [0.1, 0.15) is 11.1 Å². The van der Waals surface area contributed by atoms with Gasteiger partial charge in [0.25, 0.3) is 0 Å². The van der Waals surface area contributed by atoms with Gasteiger partial charge >= 0.3 is 0 Å². The first-order valence-electron chi connectivity index (χ1n) is 10.1. The molecule has 0 bridgehead atoms. The summed E-state index contributed by atoms with van der Waals surface area (Å²) in [5, 5.41) is 2.83. The standard InChI is InChI=1S/C23H22N4O4S2/c1-31-18-10-5-9-17(13-18)15-24-23(28)20(14-16-7-3-2-4-8-16)27-33(29,30)21-12-6-11-19-22(21)26-32-25-19/h2-13,20,27H,14-15H2,1H3,(H,24,28)/t20-/m0/s1. The first-order valence-corrected chi connectivity index (χ1v) is 12.4. The molecule has 0 radical (unpaired) electrons. The number of carbonyl (C=O) groups excluding carboxylic acids is 1. The maximum Gasteiger partial charge on any atom is 0.243 e. The summed E-state index contributed by atoms with van der Waals surface area (Å²) in [6.07, 6.45) is 0.190. The van der Waals surface area contributed by atoms with Crippen LogP contribution in [0.5, 0.6) is 5.75 Å². The molecule has 33 heavy (non-hydrogen) atoms. The summed E-state index contributed by atoms with van der Waals surface area (Å²) in [6.45, 7) is 0.231. The number of hydrogen-bond acceptors (Lipinski definition) is 7. The number of sulfonamides is 1. The van der Waals surface area contributed by atoms with Gasteiger partial charge in [-0.05, 0) is 41.8 Å². The minimum atomic E-state index is -4.04. The van der Waals surface area contributed by atoms with Crippen LogP contribution < -0.4 is 14.8 Å². The summed E-state index contributed by atoms with van der Waals surface area (Å²) >= 11 is 0.938. The molecule has 1 aromatic heterocycles. The van der Waals surface area contributed by atoms with Crippen molar-refractivity contribution in [2.24, 2.45) is 0 Å². The highest BCUT2D eigenvalue weighted by molar-refractivity contribution is 7.89. The molecule has 0 fully saturated rings. The molecule has 170 valence electrons. The number of amides is 1. The van der Waals surface area contributed by atoms with Gasteiger partial charge in [-0.15, -0.1) is 0 Å². The van der Waals surface area contributed by atoms with E-state index in [1.54, 1.807) is 19.2 Å². The van der Waals surface area contributed by atoms with Crippen molar-refractivity contribution < 1.29 is 17.9 Å². The fourth-order valence-electron chi connectivity index (χ4n) is 3.38. The zero-order chi connectivity index (χ0) is 23.3. The Bertz CT molecular complexity index is 1360. The number of ether oxygens (including phenoxy) is 1. The summed E-state index contributed by atoms with van der Waals surface area (Å²) in [5.41, 5.74) is 2.44. The Hall–Kier alpha value is -3.34. The van der Waals surface area contributed by atoms with Gasteiger partial charge in [0, 0.05) is 6.54 Å². The highest BCUT2D eigenvalue weighted by atomic mass is 32.2. The monoisotopic (exact) mass is 482 g/mol. The average molecular weight is 483 g/mol. The van der Waals surface area contributed by atoms with Gasteiger partial charge in [0.2, 0.25) is 15.9 Å². The molecule has 0 aliphatic rings. The molecule has 0 aliphatic carbocycles. The number of hydrogen-bond donors (Lipinski definition) is 2. The third kappa shape index (κ3) is 5.54. The van der Waals surface area contributed by atoms with E-state index < -0.39 is 22.0 Å². The molecular weight excluding hydrogens is 460 g/mol. The predicted octanol–water partition coefficient (Wildman–Crippen LogP) is 2.91. The number of fused-ring (bicyclic) bond motifs is 1. The molecule has 10 heteroatoms. The molecule has 0 saturated carbocycles. The van der Waals surface area contributed by atoms with Crippen molar-refractivity contribution in [3.05, 3.63) is 83.9 Å². The lowest BCUT2D eigenvalue weighted by atomic mass is 10.1. The third-order valence-corrected chi connectivity index (χ3v) is 7.08. The maximum atomic E-state index is 13.2. The number of methoxy groups -OCH3 is 1. The van der Waals surface area contributed by atoms with Crippen LogP contribution in [-0.2, 0) is 27.8 Å². The molecule has 8 nitrogen and oxygen atoms in total. The van der Waals surface area contributed by atoms with Gasteiger partial charge < -0.3 is 10.1 Å². The summed E-state index contributed by atoms with van der Waals surface area (Å²) in [5.74, 6) is 0.238. The van der Waals surface area contributed by atoms with Crippen molar-refractivity contribution in [3.63, 3.8) is 0 Å². The van der Waals surface area contributed by atoms with Gasteiger partial charge in [-0.2, -0.15) is 13.5 Å². The van der Waals surface area contributed by atoms with Gasteiger partial charge in [-0.3, -0.25) is 4.79 Å². The van der Waals surface area contributed by atoms with Crippen molar-refractivity contribution in [3.8, 4) is 5.75 Å². The second-order valence-electron chi connectivity index (χ2n) is 7.32. The lowest BCUT2D eigenvalue weighted by Gasteiger charge is -2.19. The first kappa shape index (κ1) is 22.8. The highest BCUT2D eigenvalue weighted by Gasteiger charge is 2.28. The van der Waals surface area contributed by atoms with Crippen molar-refractivity contribution in [2.45, 2.75) is 23.9 Å². The summed E-state index contributed by atoms with van der Waals surface area (Å²) < 4.78 is 42.5. The largest absolute Gasteiger partial charge is 0.497 e. The van der Waals surface area contributed by atoms with Crippen molar-refractivity contribution in [1.29, 1.82) is 0 Å². The van der Waals surface area contributed by atoms with E-state index in [4.69, 9.17) is 4.74 Å². The lowest BCUT2D eigenvalue weighted by molar-refractivity contribution is -0.122. The molecule has 0 unspecified atom stereocenters. The Labute approximate surface area is 196 Å². The van der Waals surface area contributed by atoms with E-state index in [9.17, 15) is 13.2 Å². The fourth-order valence-corrected chi connectivity index (χ4v) is 5.34. The van der Waals surface area contributed by atoms with Crippen molar-refractivity contribution in [2.75, 3.05) is 7.11 Å². The van der Waals surface area contributed by atoms with E-state index in [-0.39, 0.29) is 23.4 Å². The Morgan fingerprint density at radius 3 is 2.55 bits per heavy atom. The second-order valence-corrected chi connectivity index (χ2v) is 9.53. The van der Waals surface area contributed by atoms with E-state index in [1.807, 2.05) is 54.6 Å². The van der Waals surface area contributed by atoms with E-state index in [0.29, 0.717) is 11.3 Å². The van der Waals surface area contributed by atoms with E-state index in [2.05, 4.69) is 18.8 Å². The predicted molar refractivity (Wildman–Crippen MR) is 127 cm³/mol. The number of aromatic nitrogens is 2. The van der Waals surface area contributed by atoms with Crippen LogP contribution in [0.25, 0.3) is 11.0 Å². The topological polar surface area (TPSA) is 110 Å². The molecule has 1 atom stereocenters. The van der Waals surface area contributed by atoms with E-state index in [0.717, 1.165) is 22.9 Å². The molecule has 4 aromatic rings. The molecule has 0 aliphatic heterocycles. The van der Waals surface area contributed by atoms with Gasteiger partial charge in [0.05, 0.1) is 18.8 Å². The normalized spacial score (nSPS) is 12.4. The van der Waals surface area contributed by atoms with Crippen LogP contribution in [-0.4, -0.2) is 36.2 Å². The minimum absolute atomic E-state index is 0.00703. The highest BCUT2D eigenvalue weighted by Crippen LogP contribution is 2.21. The number of benzene rings is 3. The third-order valence-electron chi connectivity index (χ3n) is 5.04. The Morgan fingerprint density at radius 1 is 1.00 bits per heavy atom. The van der Waals surface area contributed by atoms with Crippen LogP contribution in [0.3, 0.4) is 0 Å². The van der Waals surface area contributed by atoms with E-state index >= 15 is 0 Å². The van der Waals surface area contributed by atoms with Crippen LogP contribution >= 0.6 is 11.7 Å². The van der Waals surface area contributed by atoms with E-state index in [1.165, 1.54) is 6.07 Å². The molecule has 2 N–H and O–H groups in total. The molecule has 0 spiro atoms. The summed E-state index contributed by atoms with van der Waals surface area (Å²) in [7, 11) is -2.47. The Balaban J connectivity index is 1.57. The first-order chi connectivity index (χ1) is 16.0. The summed E-state index contributed by atoms with van der Waals surface area (Å²) in [4.78, 5) is 13.1. The fraction of sp³-hybridized carbons (Fsp3) is 0.174. The average Bonchev–Trinajstić information content (AvgIpc) is 3.31. The summed E-state index contributed by atoms with van der Waals surface area (Å²) in [6, 6.07) is 20.3. The smallest absolute Gasteiger partial charge is 0.243 e. The molecule has 4 rings (SSSR count). The number of carbonyl (C=O) groups is 1. The van der Waals surface area contributed by atoms with Gasteiger partial charge in [0.1, 0.15) is 27.7 Å².